The summed E-state index contributed by atoms with van der Waals surface area (Å²) in [5, 5.41) is 6.85. The number of carbonyl (C=O) groups excluding carboxylic acids is 1. The molecule has 126 valence electrons. The Hall–Kier alpha value is -1.55. The van der Waals surface area contributed by atoms with Crippen molar-refractivity contribution in [2.75, 3.05) is 13.7 Å². The van der Waals surface area contributed by atoms with Crippen LogP contribution in [-0.2, 0) is 10.3 Å². The molecule has 2 atom stereocenters. The van der Waals surface area contributed by atoms with Gasteiger partial charge in [-0.15, -0.1) is 0 Å². The molecule has 1 aliphatic heterocycles. The van der Waals surface area contributed by atoms with Crippen LogP contribution in [0.3, 0.4) is 0 Å². The normalized spacial score (nSPS) is 26.7. The van der Waals surface area contributed by atoms with Gasteiger partial charge in [0.2, 0.25) is 5.91 Å². The maximum atomic E-state index is 12.8. The molecule has 0 spiro atoms. The minimum atomic E-state index is -0.183. The van der Waals surface area contributed by atoms with Gasteiger partial charge in [-0.3, -0.25) is 4.79 Å². The van der Waals surface area contributed by atoms with Crippen LogP contribution in [0.5, 0.6) is 5.75 Å². The van der Waals surface area contributed by atoms with Gasteiger partial charge in [0.05, 0.1) is 12.6 Å². The Labute approximate surface area is 139 Å². The highest BCUT2D eigenvalue weighted by Crippen LogP contribution is 2.39. The van der Waals surface area contributed by atoms with Crippen molar-refractivity contribution in [3.8, 4) is 5.75 Å². The van der Waals surface area contributed by atoms with Crippen molar-refractivity contribution in [3.05, 3.63) is 29.8 Å². The first-order valence-electron chi connectivity index (χ1n) is 8.83. The Balaban J connectivity index is 1.76. The molecule has 1 aromatic rings. The summed E-state index contributed by atoms with van der Waals surface area (Å²) in [6.07, 6.45) is 6.29. The number of carbonyl (C=O) groups is 1. The van der Waals surface area contributed by atoms with Crippen molar-refractivity contribution in [3.63, 3.8) is 0 Å². The highest BCUT2D eigenvalue weighted by atomic mass is 16.5. The molecule has 1 amide bonds. The van der Waals surface area contributed by atoms with E-state index in [0.717, 1.165) is 38.0 Å². The summed E-state index contributed by atoms with van der Waals surface area (Å²) in [5.74, 6) is 1.23. The van der Waals surface area contributed by atoms with E-state index in [-0.39, 0.29) is 17.4 Å². The van der Waals surface area contributed by atoms with Crippen LogP contribution in [0.4, 0.5) is 0 Å². The molecule has 0 unspecified atom stereocenters. The number of methoxy groups -OCH3 is 1. The van der Waals surface area contributed by atoms with Crippen molar-refractivity contribution >= 4 is 5.91 Å². The first kappa shape index (κ1) is 16.3. The van der Waals surface area contributed by atoms with Crippen LogP contribution < -0.4 is 15.4 Å². The maximum absolute atomic E-state index is 12.8. The Morgan fingerprint density at radius 2 is 1.96 bits per heavy atom. The molecule has 1 saturated carbocycles. The molecule has 1 aliphatic carbocycles. The summed E-state index contributed by atoms with van der Waals surface area (Å²) >= 11 is 0. The summed E-state index contributed by atoms with van der Waals surface area (Å²) in [6.45, 7) is 3.10. The molecule has 4 heteroatoms. The van der Waals surface area contributed by atoms with Gasteiger partial charge in [0.15, 0.2) is 0 Å². The molecule has 23 heavy (non-hydrogen) atoms. The van der Waals surface area contributed by atoms with Crippen LogP contribution in [-0.4, -0.2) is 25.6 Å². The molecule has 1 saturated heterocycles. The van der Waals surface area contributed by atoms with E-state index in [1.165, 1.54) is 18.4 Å². The lowest BCUT2D eigenvalue weighted by atomic mass is 9.85. The fourth-order valence-electron chi connectivity index (χ4n) is 4.08. The number of amides is 1. The zero-order valence-electron chi connectivity index (χ0n) is 14.2. The van der Waals surface area contributed by atoms with E-state index in [1.54, 1.807) is 7.11 Å². The van der Waals surface area contributed by atoms with Gasteiger partial charge >= 0.3 is 0 Å². The molecular formula is C19H28N2O2. The predicted molar refractivity (Wildman–Crippen MR) is 91.5 cm³/mol. The summed E-state index contributed by atoms with van der Waals surface area (Å²) < 4.78 is 5.26. The standard InChI is InChI=1S/C19H28N2O2/c1-14-13-15(9-12-20-14)18(22)21-19(10-3-4-11-19)16-5-7-17(23-2)8-6-16/h5-8,14-15,20H,3-4,9-13H2,1-2H3,(H,21,22)/t14-,15-/m0/s1. The molecule has 4 nitrogen and oxygen atoms in total. The lowest BCUT2D eigenvalue weighted by Gasteiger charge is -2.35. The largest absolute Gasteiger partial charge is 0.497 e. The third-order valence-corrected chi connectivity index (χ3v) is 5.46. The molecule has 0 bridgehead atoms. The topological polar surface area (TPSA) is 50.4 Å². The number of nitrogens with one attached hydrogen (secondary N) is 2. The third kappa shape index (κ3) is 3.52. The van der Waals surface area contributed by atoms with Crippen molar-refractivity contribution in [2.24, 2.45) is 5.92 Å². The summed E-state index contributed by atoms with van der Waals surface area (Å²) in [6, 6.07) is 8.63. The Bertz CT molecular complexity index is 535. The molecule has 3 rings (SSSR count). The van der Waals surface area contributed by atoms with E-state index < -0.39 is 0 Å². The molecule has 0 aromatic heterocycles. The van der Waals surface area contributed by atoms with Crippen molar-refractivity contribution in [1.82, 2.24) is 10.6 Å². The third-order valence-electron chi connectivity index (χ3n) is 5.46. The van der Waals surface area contributed by atoms with Gasteiger partial charge in [-0.05, 0) is 56.8 Å². The predicted octanol–water partition coefficient (Wildman–Crippen LogP) is 2.97. The minimum Gasteiger partial charge on any atom is -0.497 e. The van der Waals surface area contributed by atoms with Crippen LogP contribution in [0.15, 0.2) is 24.3 Å². The Kier molecular flexibility index (Phi) is 4.90. The van der Waals surface area contributed by atoms with Gasteiger partial charge < -0.3 is 15.4 Å². The number of hydrogen-bond donors (Lipinski definition) is 2. The van der Waals surface area contributed by atoms with Gasteiger partial charge in [0.25, 0.3) is 0 Å². The van der Waals surface area contributed by atoms with Gasteiger partial charge in [0.1, 0.15) is 5.75 Å². The summed E-state index contributed by atoms with van der Waals surface area (Å²) in [5.41, 5.74) is 1.03. The van der Waals surface area contributed by atoms with Gasteiger partial charge in [-0.2, -0.15) is 0 Å². The Morgan fingerprint density at radius 1 is 1.26 bits per heavy atom. The highest BCUT2D eigenvalue weighted by Gasteiger charge is 2.39. The number of piperidine rings is 1. The Morgan fingerprint density at radius 3 is 2.57 bits per heavy atom. The maximum Gasteiger partial charge on any atom is 0.223 e. The molecule has 1 aromatic carbocycles. The molecule has 2 N–H and O–H groups in total. The fourth-order valence-corrected chi connectivity index (χ4v) is 4.08. The molecule has 0 radical (unpaired) electrons. The van der Waals surface area contributed by atoms with Gasteiger partial charge in [-0.25, -0.2) is 0 Å². The van der Waals surface area contributed by atoms with Crippen LogP contribution >= 0.6 is 0 Å². The number of benzene rings is 1. The molecular weight excluding hydrogens is 288 g/mol. The first-order chi connectivity index (χ1) is 11.1. The van der Waals surface area contributed by atoms with Crippen LogP contribution in [0.25, 0.3) is 0 Å². The van der Waals surface area contributed by atoms with E-state index in [1.807, 2.05) is 12.1 Å². The zero-order chi connectivity index (χ0) is 16.3. The molecule has 1 heterocycles. The zero-order valence-corrected chi connectivity index (χ0v) is 14.2. The lowest BCUT2D eigenvalue weighted by molar-refractivity contribution is -0.128. The van der Waals surface area contributed by atoms with Crippen molar-refractivity contribution < 1.29 is 9.53 Å². The van der Waals surface area contributed by atoms with E-state index in [2.05, 4.69) is 29.7 Å². The van der Waals surface area contributed by atoms with E-state index in [9.17, 15) is 4.79 Å². The number of rotatable bonds is 4. The molecule has 2 aliphatic rings. The minimum absolute atomic E-state index is 0.141. The smallest absolute Gasteiger partial charge is 0.223 e. The second-order valence-corrected chi connectivity index (χ2v) is 7.08. The van der Waals surface area contributed by atoms with Crippen LogP contribution in [0.2, 0.25) is 0 Å². The monoisotopic (exact) mass is 316 g/mol. The van der Waals surface area contributed by atoms with Crippen molar-refractivity contribution in [1.29, 1.82) is 0 Å². The van der Waals surface area contributed by atoms with E-state index >= 15 is 0 Å². The van der Waals surface area contributed by atoms with E-state index in [4.69, 9.17) is 4.74 Å². The van der Waals surface area contributed by atoms with Crippen LogP contribution in [0, 0.1) is 5.92 Å². The lowest BCUT2D eigenvalue weighted by Crippen LogP contribution is -2.49. The quantitative estimate of drug-likeness (QED) is 0.898. The van der Waals surface area contributed by atoms with Crippen LogP contribution in [0.1, 0.15) is 51.0 Å². The summed E-state index contributed by atoms with van der Waals surface area (Å²) in [7, 11) is 1.68. The average molecular weight is 316 g/mol. The van der Waals surface area contributed by atoms with Gasteiger partial charge in [-0.1, -0.05) is 25.0 Å². The highest BCUT2D eigenvalue weighted by molar-refractivity contribution is 5.80. The SMILES string of the molecule is COc1ccc(C2(NC(=O)[C@H]3CCN[C@@H](C)C3)CCCC2)cc1. The van der Waals surface area contributed by atoms with E-state index in [0.29, 0.717) is 6.04 Å². The first-order valence-corrected chi connectivity index (χ1v) is 8.83. The second kappa shape index (κ2) is 6.91. The molecule has 2 fully saturated rings. The van der Waals surface area contributed by atoms with Gasteiger partial charge in [0, 0.05) is 12.0 Å². The summed E-state index contributed by atoms with van der Waals surface area (Å²) in [4.78, 5) is 12.8. The number of hydrogen-bond acceptors (Lipinski definition) is 3. The van der Waals surface area contributed by atoms with Crippen molar-refractivity contribution in [2.45, 2.75) is 57.0 Å². The average Bonchev–Trinajstić information content (AvgIpc) is 3.04. The number of ether oxygens (including phenoxy) is 1. The second-order valence-electron chi connectivity index (χ2n) is 7.08. The fraction of sp³-hybridized carbons (Fsp3) is 0.632.